The monoisotopic (exact) mass is 440 g/mol. The SMILES string of the molecule is Cc1ccc(C(=O)Oc2ccc3ccccc3c2/C=N/NC(=O)c2ccc(O)cc2O)cc1. The molecule has 33 heavy (non-hydrogen) atoms. The van der Waals surface area contributed by atoms with Gasteiger partial charge in [0.2, 0.25) is 0 Å². The number of nitrogens with zero attached hydrogens (tertiary/aromatic N) is 1. The van der Waals surface area contributed by atoms with Crippen molar-refractivity contribution in [3.8, 4) is 17.2 Å². The second kappa shape index (κ2) is 9.23. The Kier molecular flexibility index (Phi) is 6.04. The molecule has 0 heterocycles. The van der Waals surface area contributed by atoms with E-state index in [0.717, 1.165) is 22.4 Å². The minimum atomic E-state index is -0.665. The van der Waals surface area contributed by atoms with Gasteiger partial charge in [-0.15, -0.1) is 0 Å². The highest BCUT2D eigenvalue weighted by Gasteiger charge is 2.14. The van der Waals surface area contributed by atoms with Crippen LogP contribution in [0.2, 0.25) is 0 Å². The number of carbonyl (C=O) groups is 2. The molecule has 0 saturated heterocycles. The van der Waals surface area contributed by atoms with Gasteiger partial charge in [-0.3, -0.25) is 4.79 Å². The highest BCUT2D eigenvalue weighted by molar-refractivity contribution is 6.04. The molecule has 4 aromatic carbocycles. The molecule has 0 aliphatic heterocycles. The van der Waals surface area contributed by atoms with Gasteiger partial charge in [-0.2, -0.15) is 5.10 Å². The van der Waals surface area contributed by atoms with Gasteiger partial charge in [-0.05, 0) is 48.0 Å². The molecule has 4 rings (SSSR count). The van der Waals surface area contributed by atoms with E-state index < -0.39 is 11.9 Å². The van der Waals surface area contributed by atoms with Crippen LogP contribution < -0.4 is 10.2 Å². The summed E-state index contributed by atoms with van der Waals surface area (Å²) in [6, 6.07) is 21.7. The molecule has 0 fully saturated rings. The molecule has 3 N–H and O–H groups in total. The maximum Gasteiger partial charge on any atom is 0.343 e. The molecule has 7 heteroatoms. The van der Waals surface area contributed by atoms with Gasteiger partial charge in [0.15, 0.2) is 0 Å². The molecule has 0 aromatic heterocycles. The molecule has 7 nitrogen and oxygen atoms in total. The lowest BCUT2D eigenvalue weighted by molar-refractivity contribution is 0.0734. The highest BCUT2D eigenvalue weighted by Crippen LogP contribution is 2.28. The van der Waals surface area contributed by atoms with E-state index in [1.165, 1.54) is 18.3 Å². The highest BCUT2D eigenvalue weighted by atomic mass is 16.5. The van der Waals surface area contributed by atoms with E-state index in [9.17, 15) is 19.8 Å². The van der Waals surface area contributed by atoms with E-state index in [4.69, 9.17) is 4.74 Å². The smallest absolute Gasteiger partial charge is 0.343 e. The summed E-state index contributed by atoms with van der Waals surface area (Å²) in [5, 5.41) is 24.9. The van der Waals surface area contributed by atoms with Crippen LogP contribution in [-0.4, -0.2) is 28.3 Å². The number of amides is 1. The summed E-state index contributed by atoms with van der Waals surface area (Å²) in [6.45, 7) is 1.93. The average Bonchev–Trinajstić information content (AvgIpc) is 2.80. The fraction of sp³-hybridized carbons (Fsp3) is 0.0385. The number of benzene rings is 4. The van der Waals surface area contributed by atoms with E-state index in [1.807, 2.05) is 49.4 Å². The standard InChI is InChI=1S/C26H20N2O5/c1-16-6-8-18(9-7-16)26(32)33-24-13-10-17-4-2-3-5-20(17)22(24)15-27-28-25(31)21-12-11-19(29)14-23(21)30/h2-15,29-30H,1H3,(H,28,31)/b27-15+. The first-order valence-corrected chi connectivity index (χ1v) is 10.1. The van der Waals surface area contributed by atoms with Crippen LogP contribution in [-0.2, 0) is 0 Å². The third-order valence-electron chi connectivity index (χ3n) is 5.01. The molecular weight excluding hydrogens is 420 g/mol. The second-order valence-corrected chi connectivity index (χ2v) is 7.35. The lowest BCUT2D eigenvalue weighted by Crippen LogP contribution is -2.18. The molecular formula is C26H20N2O5. The third-order valence-corrected chi connectivity index (χ3v) is 5.01. The van der Waals surface area contributed by atoms with Crippen molar-refractivity contribution < 1.29 is 24.5 Å². The van der Waals surface area contributed by atoms with Crippen molar-refractivity contribution in [3.05, 3.63) is 101 Å². The van der Waals surface area contributed by atoms with Gasteiger partial charge in [0.05, 0.1) is 17.3 Å². The zero-order chi connectivity index (χ0) is 23.4. The van der Waals surface area contributed by atoms with Gasteiger partial charge in [0, 0.05) is 11.6 Å². The van der Waals surface area contributed by atoms with Crippen LogP contribution in [0.5, 0.6) is 17.2 Å². The number of hydrogen-bond acceptors (Lipinski definition) is 6. The average molecular weight is 440 g/mol. The van der Waals surface area contributed by atoms with E-state index in [-0.39, 0.29) is 22.8 Å². The zero-order valence-corrected chi connectivity index (χ0v) is 17.6. The Balaban J connectivity index is 1.63. The van der Waals surface area contributed by atoms with Gasteiger partial charge in [-0.25, -0.2) is 10.2 Å². The van der Waals surface area contributed by atoms with Gasteiger partial charge < -0.3 is 14.9 Å². The number of carbonyl (C=O) groups excluding carboxylic acids is 2. The fourth-order valence-corrected chi connectivity index (χ4v) is 3.27. The number of phenolic OH excluding ortho intramolecular Hbond substituents is 2. The molecule has 0 radical (unpaired) electrons. The maximum absolute atomic E-state index is 12.7. The summed E-state index contributed by atoms with van der Waals surface area (Å²) in [5.74, 6) is -1.44. The summed E-state index contributed by atoms with van der Waals surface area (Å²) >= 11 is 0. The Morgan fingerprint density at radius 1 is 0.939 bits per heavy atom. The number of fused-ring (bicyclic) bond motifs is 1. The number of phenols is 2. The van der Waals surface area contributed by atoms with E-state index in [0.29, 0.717) is 11.1 Å². The van der Waals surface area contributed by atoms with Crippen molar-refractivity contribution in [1.82, 2.24) is 5.43 Å². The number of ether oxygens (including phenoxy) is 1. The molecule has 164 valence electrons. The Labute approximate surface area is 189 Å². The third kappa shape index (κ3) is 4.83. The van der Waals surface area contributed by atoms with Gasteiger partial charge in [0.25, 0.3) is 5.91 Å². The summed E-state index contributed by atoms with van der Waals surface area (Å²) < 4.78 is 5.64. The Morgan fingerprint density at radius 3 is 2.45 bits per heavy atom. The molecule has 0 aliphatic carbocycles. The molecule has 0 saturated carbocycles. The van der Waals surface area contributed by atoms with Crippen molar-refractivity contribution in [1.29, 1.82) is 0 Å². The quantitative estimate of drug-likeness (QED) is 0.183. The number of aryl methyl sites for hydroxylation is 1. The zero-order valence-electron chi connectivity index (χ0n) is 17.6. The first kappa shape index (κ1) is 21.6. The second-order valence-electron chi connectivity index (χ2n) is 7.35. The number of hydrazone groups is 1. The van der Waals surface area contributed by atoms with Crippen LogP contribution in [0.25, 0.3) is 10.8 Å². The Hall–Kier alpha value is -4.65. The van der Waals surface area contributed by atoms with Crippen LogP contribution >= 0.6 is 0 Å². The van der Waals surface area contributed by atoms with Crippen molar-refractivity contribution in [2.24, 2.45) is 5.10 Å². The molecule has 1 amide bonds. The van der Waals surface area contributed by atoms with Crippen molar-refractivity contribution >= 4 is 28.9 Å². The molecule has 4 aromatic rings. The summed E-state index contributed by atoms with van der Waals surface area (Å²) in [5.41, 5.74) is 4.23. The van der Waals surface area contributed by atoms with Crippen LogP contribution in [0.15, 0.2) is 84.0 Å². The van der Waals surface area contributed by atoms with Crippen molar-refractivity contribution in [2.75, 3.05) is 0 Å². The minimum absolute atomic E-state index is 0.0473. The van der Waals surface area contributed by atoms with Gasteiger partial charge >= 0.3 is 5.97 Å². The fourth-order valence-electron chi connectivity index (χ4n) is 3.27. The summed E-state index contributed by atoms with van der Waals surface area (Å²) in [4.78, 5) is 25.0. The van der Waals surface area contributed by atoms with Crippen molar-refractivity contribution in [3.63, 3.8) is 0 Å². The lowest BCUT2D eigenvalue weighted by atomic mass is 10.0. The normalized spacial score (nSPS) is 10.9. The lowest BCUT2D eigenvalue weighted by Gasteiger charge is -2.11. The van der Waals surface area contributed by atoms with E-state index >= 15 is 0 Å². The minimum Gasteiger partial charge on any atom is -0.508 e. The van der Waals surface area contributed by atoms with E-state index in [1.54, 1.807) is 18.2 Å². The topological polar surface area (TPSA) is 108 Å². The maximum atomic E-state index is 12.7. The van der Waals surface area contributed by atoms with Gasteiger partial charge in [0.1, 0.15) is 17.2 Å². The number of aromatic hydroxyl groups is 2. The molecule has 0 aliphatic rings. The molecule has 0 spiro atoms. The molecule has 0 bridgehead atoms. The predicted molar refractivity (Wildman–Crippen MR) is 125 cm³/mol. The van der Waals surface area contributed by atoms with Crippen LogP contribution in [0.4, 0.5) is 0 Å². The van der Waals surface area contributed by atoms with Crippen LogP contribution in [0.3, 0.4) is 0 Å². The first-order valence-electron chi connectivity index (χ1n) is 10.1. The number of esters is 1. The Bertz CT molecular complexity index is 1380. The van der Waals surface area contributed by atoms with Crippen molar-refractivity contribution in [2.45, 2.75) is 6.92 Å². The Morgan fingerprint density at radius 2 is 1.70 bits per heavy atom. The number of hydrogen-bond donors (Lipinski definition) is 3. The van der Waals surface area contributed by atoms with Crippen LogP contribution in [0, 0.1) is 6.92 Å². The number of nitrogens with one attached hydrogen (secondary N) is 1. The van der Waals surface area contributed by atoms with Crippen LogP contribution in [0.1, 0.15) is 31.8 Å². The number of rotatable bonds is 5. The summed E-state index contributed by atoms with van der Waals surface area (Å²) in [6.07, 6.45) is 1.38. The first-order chi connectivity index (χ1) is 15.9. The van der Waals surface area contributed by atoms with E-state index in [2.05, 4.69) is 10.5 Å². The summed E-state index contributed by atoms with van der Waals surface area (Å²) in [7, 11) is 0. The molecule has 0 atom stereocenters. The molecule has 0 unspecified atom stereocenters. The van der Waals surface area contributed by atoms with Gasteiger partial charge in [-0.1, -0.05) is 48.0 Å². The largest absolute Gasteiger partial charge is 0.508 e. The predicted octanol–water partition coefficient (Wildman–Crippen LogP) is 4.54.